The Hall–Kier alpha value is -0.980. The van der Waals surface area contributed by atoms with Gasteiger partial charge in [0, 0.05) is 12.3 Å². The summed E-state index contributed by atoms with van der Waals surface area (Å²) in [5, 5.41) is 17.0. The SMILES string of the molecule is C=CCn1ncc(NCC(C)(O)CSC)c(Cl)c1=O. The molecule has 1 heterocycles. The number of allylic oxidation sites excluding steroid dienone is 1. The molecule has 0 aliphatic rings. The molecule has 1 rings (SSSR count). The number of aromatic nitrogens is 2. The molecule has 0 amide bonds. The molecule has 7 heteroatoms. The van der Waals surface area contributed by atoms with Crippen LogP contribution >= 0.6 is 23.4 Å². The lowest BCUT2D eigenvalue weighted by Gasteiger charge is -2.23. The number of anilines is 1. The van der Waals surface area contributed by atoms with Crippen molar-refractivity contribution in [1.29, 1.82) is 0 Å². The summed E-state index contributed by atoms with van der Waals surface area (Å²) in [5.74, 6) is 0.582. The van der Waals surface area contributed by atoms with E-state index in [0.29, 0.717) is 24.5 Å². The highest BCUT2D eigenvalue weighted by atomic mass is 35.5. The minimum Gasteiger partial charge on any atom is -0.387 e. The highest BCUT2D eigenvalue weighted by Gasteiger charge is 2.20. The largest absolute Gasteiger partial charge is 0.387 e. The fourth-order valence-corrected chi connectivity index (χ4v) is 2.43. The van der Waals surface area contributed by atoms with Gasteiger partial charge in [-0.3, -0.25) is 4.79 Å². The van der Waals surface area contributed by atoms with Gasteiger partial charge in [0.05, 0.1) is 24.0 Å². The Morgan fingerprint density at radius 1 is 1.74 bits per heavy atom. The molecule has 1 aromatic heterocycles. The monoisotopic (exact) mass is 303 g/mol. The number of thioether (sulfide) groups is 1. The van der Waals surface area contributed by atoms with Gasteiger partial charge in [-0.2, -0.15) is 16.9 Å². The van der Waals surface area contributed by atoms with E-state index in [0.717, 1.165) is 0 Å². The van der Waals surface area contributed by atoms with Crippen molar-refractivity contribution in [2.45, 2.75) is 19.1 Å². The van der Waals surface area contributed by atoms with Crippen molar-refractivity contribution in [3.05, 3.63) is 34.2 Å². The van der Waals surface area contributed by atoms with Crippen LogP contribution in [0.4, 0.5) is 5.69 Å². The fourth-order valence-electron chi connectivity index (χ4n) is 1.49. The molecule has 1 aromatic rings. The van der Waals surface area contributed by atoms with E-state index in [1.807, 2.05) is 6.26 Å². The van der Waals surface area contributed by atoms with Gasteiger partial charge in [0.2, 0.25) is 0 Å². The fraction of sp³-hybridized carbons (Fsp3) is 0.500. The number of hydrogen-bond acceptors (Lipinski definition) is 5. The normalized spacial score (nSPS) is 13.9. The van der Waals surface area contributed by atoms with E-state index in [1.54, 1.807) is 24.8 Å². The van der Waals surface area contributed by atoms with Crippen molar-refractivity contribution in [2.75, 3.05) is 23.9 Å². The van der Waals surface area contributed by atoms with Gasteiger partial charge in [-0.15, -0.1) is 6.58 Å². The maximum Gasteiger partial charge on any atom is 0.287 e. The van der Waals surface area contributed by atoms with Crippen molar-refractivity contribution >= 4 is 29.1 Å². The molecule has 2 N–H and O–H groups in total. The Kier molecular flexibility index (Phi) is 5.90. The quantitative estimate of drug-likeness (QED) is 0.749. The summed E-state index contributed by atoms with van der Waals surface area (Å²) in [6.07, 6.45) is 4.96. The van der Waals surface area contributed by atoms with E-state index in [4.69, 9.17) is 11.6 Å². The average Bonchev–Trinajstić information content (AvgIpc) is 2.34. The van der Waals surface area contributed by atoms with Crippen molar-refractivity contribution < 1.29 is 5.11 Å². The molecule has 0 spiro atoms. The Morgan fingerprint density at radius 2 is 2.42 bits per heavy atom. The Morgan fingerprint density at radius 3 is 3.00 bits per heavy atom. The van der Waals surface area contributed by atoms with Crippen LogP contribution in [0.15, 0.2) is 23.6 Å². The summed E-state index contributed by atoms with van der Waals surface area (Å²) in [4.78, 5) is 11.8. The Balaban J connectivity index is 2.83. The first-order valence-electron chi connectivity index (χ1n) is 5.73. The van der Waals surface area contributed by atoms with Gasteiger partial charge >= 0.3 is 0 Å². The Bertz CT molecular complexity index is 502. The third-order valence-corrected chi connectivity index (χ3v) is 3.68. The van der Waals surface area contributed by atoms with Crippen LogP contribution in [0, 0.1) is 0 Å². The molecular weight excluding hydrogens is 286 g/mol. The molecule has 0 aromatic carbocycles. The summed E-state index contributed by atoms with van der Waals surface area (Å²) in [7, 11) is 0. The number of rotatable bonds is 7. The van der Waals surface area contributed by atoms with Crippen LogP contribution in [0.1, 0.15) is 6.92 Å². The van der Waals surface area contributed by atoms with Crippen molar-refractivity contribution in [3.63, 3.8) is 0 Å². The predicted molar refractivity (Wildman–Crippen MR) is 81.2 cm³/mol. The lowest BCUT2D eigenvalue weighted by molar-refractivity contribution is 0.0997. The zero-order valence-corrected chi connectivity index (χ0v) is 12.6. The molecule has 0 aliphatic heterocycles. The maximum absolute atomic E-state index is 11.8. The lowest BCUT2D eigenvalue weighted by Crippen LogP contribution is -2.36. The first kappa shape index (κ1) is 16.1. The van der Waals surface area contributed by atoms with Gasteiger partial charge in [-0.25, -0.2) is 4.68 Å². The highest BCUT2D eigenvalue weighted by molar-refractivity contribution is 7.98. The molecule has 19 heavy (non-hydrogen) atoms. The lowest BCUT2D eigenvalue weighted by atomic mass is 10.1. The van der Waals surface area contributed by atoms with Crippen LogP contribution in [0.5, 0.6) is 0 Å². The summed E-state index contributed by atoms with van der Waals surface area (Å²) in [5.41, 5.74) is -0.830. The summed E-state index contributed by atoms with van der Waals surface area (Å²) < 4.78 is 1.22. The van der Waals surface area contributed by atoms with Crippen LogP contribution in [-0.2, 0) is 6.54 Å². The molecule has 0 bridgehead atoms. The van der Waals surface area contributed by atoms with E-state index in [1.165, 1.54) is 10.9 Å². The molecule has 5 nitrogen and oxygen atoms in total. The van der Waals surface area contributed by atoms with Gasteiger partial charge in [-0.1, -0.05) is 17.7 Å². The Labute approximate surface area is 121 Å². The maximum atomic E-state index is 11.8. The minimum atomic E-state index is -0.876. The predicted octanol–water partition coefficient (Wildman–Crippen LogP) is 1.61. The summed E-state index contributed by atoms with van der Waals surface area (Å²) in [6.45, 7) is 5.86. The van der Waals surface area contributed by atoms with Crippen LogP contribution in [0.25, 0.3) is 0 Å². The van der Waals surface area contributed by atoms with Crippen molar-refractivity contribution in [1.82, 2.24) is 9.78 Å². The van der Waals surface area contributed by atoms with Crippen molar-refractivity contribution in [3.8, 4) is 0 Å². The second kappa shape index (κ2) is 6.98. The number of aliphatic hydroxyl groups is 1. The third-order valence-electron chi connectivity index (χ3n) is 2.40. The van der Waals surface area contributed by atoms with Crippen LogP contribution in [0.3, 0.4) is 0 Å². The molecule has 1 atom stereocenters. The van der Waals surface area contributed by atoms with Crippen LogP contribution < -0.4 is 10.9 Å². The molecular formula is C12H18ClN3O2S. The number of nitrogens with zero attached hydrogens (tertiary/aromatic N) is 2. The van der Waals surface area contributed by atoms with Gasteiger partial charge in [-0.05, 0) is 13.2 Å². The number of nitrogens with one attached hydrogen (secondary N) is 1. The van der Waals surface area contributed by atoms with Gasteiger partial charge < -0.3 is 10.4 Å². The standard InChI is InChI=1S/C12H18ClN3O2S/c1-4-5-16-11(17)10(13)9(6-15-16)14-7-12(2,18)8-19-3/h4,6,14,18H,1,5,7-8H2,2-3H3. The van der Waals surface area contributed by atoms with E-state index >= 15 is 0 Å². The first-order chi connectivity index (χ1) is 8.91. The zero-order chi connectivity index (χ0) is 14.5. The van der Waals surface area contributed by atoms with Crippen LogP contribution in [0.2, 0.25) is 5.02 Å². The van der Waals surface area contributed by atoms with Gasteiger partial charge in [0.15, 0.2) is 0 Å². The van der Waals surface area contributed by atoms with Gasteiger partial charge in [0.25, 0.3) is 5.56 Å². The molecule has 0 aliphatic carbocycles. The second-order valence-corrected chi connectivity index (χ2v) is 5.68. The molecule has 1 unspecified atom stereocenters. The molecule has 0 saturated carbocycles. The number of halogens is 1. The van der Waals surface area contributed by atoms with Crippen LogP contribution in [-0.4, -0.2) is 39.0 Å². The molecule has 0 radical (unpaired) electrons. The second-order valence-electron chi connectivity index (χ2n) is 4.43. The van der Waals surface area contributed by atoms with Crippen molar-refractivity contribution in [2.24, 2.45) is 0 Å². The molecule has 0 fully saturated rings. The highest BCUT2D eigenvalue weighted by Crippen LogP contribution is 2.18. The van der Waals surface area contributed by atoms with E-state index in [2.05, 4.69) is 17.0 Å². The first-order valence-corrected chi connectivity index (χ1v) is 7.50. The zero-order valence-electron chi connectivity index (χ0n) is 11.0. The topological polar surface area (TPSA) is 67.2 Å². The summed E-state index contributed by atoms with van der Waals surface area (Å²) in [6, 6.07) is 0. The van der Waals surface area contributed by atoms with Gasteiger partial charge in [0.1, 0.15) is 5.02 Å². The smallest absolute Gasteiger partial charge is 0.287 e. The minimum absolute atomic E-state index is 0.0665. The van der Waals surface area contributed by atoms with E-state index in [9.17, 15) is 9.90 Å². The summed E-state index contributed by atoms with van der Waals surface area (Å²) >= 11 is 7.53. The molecule has 106 valence electrons. The van der Waals surface area contributed by atoms with E-state index < -0.39 is 5.60 Å². The third kappa shape index (κ3) is 4.56. The average molecular weight is 304 g/mol. The van der Waals surface area contributed by atoms with E-state index in [-0.39, 0.29) is 10.6 Å². The number of hydrogen-bond donors (Lipinski definition) is 2. The molecule has 0 saturated heterocycles.